The summed E-state index contributed by atoms with van der Waals surface area (Å²) in [5.74, 6) is -0.175. The van der Waals surface area contributed by atoms with Crippen molar-refractivity contribution >= 4 is 13.7 Å². The van der Waals surface area contributed by atoms with Gasteiger partial charge in [0.1, 0.15) is 13.2 Å². The Hall–Kier alpha value is -2.32. The Morgan fingerprint density at radius 1 is 0.438 bits per heavy atom. The molecule has 9 heteroatoms. The molecule has 0 rings (SSSR count). The Kier molecular flexibility index (Phi) is 59.5. The fourth-order valence-electron chi connectivity index (χ4n) is 9.87. The van der Waals surface area contributed by atoms with Crippen LogP contribution in [0.15, 0.2) is 85.1 Å². The monoisotopic (exact) mass is 1140 g/mol. The lowest BCUT2D eigenvalue weighted by Gasteiger charge is -2.25. The van der Waals surface area contributed by atoms with Gasteiger partial charge in [-0.15, -0.1) is 0 Å². The molecule has 3 N–H and O–H groups in total. The number of nitrogens with one attached hydrogen (secondary N) is 1. The number of nitrogens with zero attached hydrogens (tertiary/aromatic N) is 1. The number of aliphatic hydroxyl groups is 1. The van der Waals surface area contributed by atoms with Crippen LogP contribution in [0.2, 0.25) is 0 Å². The number of carbonyl (C=O) groups is 1. The van der Waals surface area contributed by atoms with Gasteiger partial charge in [-0.05, 0) is 70.6 Å². The quantitative estimate of drug-likeness (QED) is 0.0243. The SMILES string of the molecule is CC/C=C\C/C=C\C/C=C\C/C=C\C/C=C\C/C=C\CCCCCCCCCCCCCCCCCCC(=O)NC(COP(=O)(O)OCC[N+](C)(C)C)C(O)/C=C/CCCCCCCCCCCCCCCCCCCCCCC. The smallest absolute Gasteiger partial charge is 0.387 e. The number of rotatable bonds is 62. The van der Waals surface area contributed by atoms with Gasteiger partial charge in [0.2, 0.25) is 5.91 Å². The molecule has 0 fully saturated rings. The molecule has 3 atom stereocenters. The normalized spacial score (nSPS) is 14.2. The fourth-order valence-corrected chi connectivity index (χ4v) is 10.6. The van der Waals surface area contributed by atoms with E-state index in [1.807, 2.05) is 27.2 Å². The summed E-state index contributed by atoms with van der Waals surface area (Å²) in [6.07, 6.45) is 87.1. The first kappa shape index (κ1) is 77.7. The number of amides is 1. The standard InChI is InChI=1S/C71H131N2O6P/c1-6-8-10-12-14-16-18-20-22-24-26-28-30-31-32-33-34-35-36-37-38-39-40-41-43-45-47-49-51-53-55-57-59-61-63-65-71(75)72-69(68-79-80(76,77)78-67-66-73(3,4)5)70(74)64-62-60-58-56-54-52-50-48-46-44-42-29-27-25-23-21-19-17-15-13-11-9-7-2/h8,10,14,16,20,22,26,28,31-32,34-35,62,64,69-70,74H,6-7,9,11-13,15,17-19,21,23-25,27,29-30,33,36-61,63,65-68H2,1-5H3,(H-,72,75,76,77)/p+1/b10-8-,16-14-,22-20-,28-26-,32-31-,35-34-,64-62+. The summed E-state index contributed by atoms with van der Waals surface area (Å²) in [6, 6.07) is -0.851. The second-order valence-electron chi connectivity index (χ2n) is 24.2. The zero-order chi connectivity index (χ0) is 58.4. The highest BCUT2D eigenvalue weighted by molar-refractivity contribution is 7.47. The number of unbranched alkanes of at least 4 members (excludes halogenated alkanes) is 37. The third-order valence-electron chi connectivity index (χ3n) is 15.1. The van der Waals surface area contributed by atoms with Crippen LogP contribution in [0.3, 0.4) is 0 Å². The molecule has 0 aliphatic carbocycles. The maximum atomic E-state index is 13.0. The number of quaternary nitrogens is 1. The molecular formula is C71H132N2O6P+. The Bertz CT molecular complexity index is 1580. The molecule has 0 saturated carbocycles. The van der Waals surface area contributed by atoms with E-state index < -0.39 is 20.0 Å². The van der Waals surface area contributed by atoms with Crippen molar-refractivity contribution in [1.82, 2.24) is 5.32 Å². The summed E-state index contributed by atoms with van der Waals surface area (Å²) in [7, 11) is 1.58. The molecule has 466 valence electrons. The summed E-state index contributed by atoms with van der Waals surface area (Å²) < 4.78 is 23.8. The average molecular weight is 1140 g/mol. The van der Waals surface area contributed by atoms with Crippen molar-refractivity contribution in [2.75, 3.05) is 40.9 Å². The van der Waals surface area contributed by atoms with E-state index in [0.717, 1.165) is 77.0 Å². The predicted molar refractivity (Wildman–Crippen MR) is 350 cm³/mol. The van der Waals surface area contributed by atoms with Gasteiger partial charge in [-0.3, -0.25) is 13.8 Å². The molecular weight excluding hydrogens is 1010 g/mol. The van der Waals surface area contributed by atoms with E-state index in [-0.39, 0.29) is 19.1 Å². The molecule has 0 heterocycles. The van der Waals surface area contributed by atoms with Gasteiger partial charge in [0.25, 0.3) is 0 Å². The van der Waals surface area contributed by atoms with Crippen LogP contribution in [0.1, 0.15) is 309 Å². The van der Waals surface area contributed by atoms with E-state index in [1.165, 1.54) is 212 Å². The van der Waals surface area contributed by atoms with Crippen molar-refractivity contribution in [3.63, 3.8) is 0 Å². The van der Waals surface area contributed by atoms with Gasteiger partial charge in [0.15, 0.2) is 0 Å². The minimum absolute atomic E-state index is 0.0603. The average Bonchev–Trinajstić information content (AvgIpc) is 3.42. The molecule has 1 amide bonds. The number of likely N-dealkylation sites (N-methyl/N-ethyl adjacent to an activating group) is 1. The van der Waals surface area contributed by atoms with E-state index in [9.17, 15) is 19.4 Å². The van der Waals surface area contributed by atoms with Crippen LogP contribution in [-0.4, -0.2) is 73.4 Å². The summed E-state index contributed by atoms with van der Waals surface area (Å²) in [5.41, 5.74) is 0. The summed E-state index contributed by atoms with van der Waals surface area (Å²) >= 11 is 0. The van der Waals surface area contributed by atoms with Crippen molar-refractivity contribution in [2.45, 2.75) is 321 Å². The van der Waals surface area contributed by atoms with E-state index in [1.54, 1.807) is 6.08 Å². The maximum absolute atomic E-state index is 13.0. The Morgan fingerprint density at radius 2 is 0.750 bits per heavy atom. The molecule has 3 unspecified atom stereocenters. The Morgan fingerprint density at radius 3 is 1.10 bits per heavy atom. The number of allylic oxidation sites excluding steroid dienone is 13. The van der Waals surface area contributed by atoms with E-state index in [2.05, 4.69) is 92.1 Å². The van der Waals surface area contributed by atoms with E-state index in [0.29, 0.717) is 17.4 Å². The molecule has 0 aromatic heterocycles. The van der Waals surface area contributed by atoms with Crippen LogP contribution in [-0.2, 0) is 18.4 Å². The van der Waals surface area contributed by atoms with Gasteiger partial charge in [-0.25, -0.2) is 4.57 Å². The Labute approximate surface area is 497 Å². The summed E-state index contributed by atoms with van der Waals surface area (Å²) in [4.78, 5) is 23.4. The molecule has 0 saturated heterocycles. The second kappa shape index (κ2) is 61.2. The predicted octanol–water partition coefficient (Wildman–Crippen LogP) is 21.5. The molecule has 0 spiro atoms. The van der Waals surface area contributed by atoms with Crippen LogP contribution in [0.5, 0.6) is 0 Å². The van der Waals surface area contributed by atoms with Gasteiger partial charge in [0, 0.05) is 6.42 Å². The number of carbonyl (C=O) groups excluding carboxylic acids is 1. The van der Waals surface area contributed by atoms with Gasteiger partial charge < -0.3 is 19.8 Å². The molecule has 0 aromatic carbocycles. The lowest BCUT2D eigenvalue weighted by atomic mass is 10.0. The van der Waals surface area contributed by atoms with Crippen molar-refractivity contribution in [1.29, 1.82) is 0 Å². The van der Waals surface area contributed by atoms with E-state index >= 15 is 0 Å². The molecule has 8 nitrogen and oxygen atoms in total. The first-order valence-electron chi connectivity index (χ1n) is 34.0. The van der Waals surface area contributed by atoms with Crippen molar-refractivity contribution < 1.29 is 32.9 Å². The van der Waals surface area contributed by atoms with Crippen LogP contribution in [0.4, 0.5) is 0 Å². The number of hydrogen-bond acceptors (Lipinski definition) is 5. The lowest BCUT2D eigenvalue weighted by molar-refractivity contribution is -0.870. The molecule has 0 bridgehead atoms. The van der Waals surface area contributed by atoms with Crippen LogP contribution in [0.25, 0.3) is 0 Å². The topological polar surface area (TPSA) is 105 Å². The van der Waals surface area contributed by atoms with Gasteiger partial charge in [-0.2, -0.15) is 0 Å². The summed E-state index contributed by atoms with van der Waals surface area (Å²) in [5, 5.41) is 14.0. The third-order valence-corrected chi connectivity index (χ3v) is 16.1. The minimum atomic E-state index is -4.36. The van der Waals surface area contributed by atoms with Crippen molar-refractivity contribution in [3.05, 3.63) is 85.1 Å². The molecule has 0 aromatic rings. The van der Waals surface area contributed by atoms with Gasteiger partial charge >= 0.3 is 7.82 Å². The molecule has 0 aliphatic rings. The largest absolute Gasteiger partial charge is 0.472 e. The lowest BCUT2D eigenvalue weighted by Crippen LogP contribution is -2.45. The number of phosphoric ester groups is 1. The van der Waals surface area contributed by atoms with Crippen LogP contribution in [0, 0.1) is 0 Å². The van der Waals surface area contributed by atoms with Gasteiger partial charge in [-0.1, -0.05) is 317 Å². The molecule has 0 radical (unpaired) electrons. The number of aliphatic hydroxyl groups excluding tert-OH is 1. The molecule has 80 heavy (non-hydrogen) atoms. The van der Waals surface area contributed by atoms with E-state index in [4.69, 9.17) is 9.05 Å². The second-order valence-corrected chi connectivity index (χ2v) is 25.6. The van der Waals surface area contributed by atoms with Crippen LogP contribution < -0.4 is 5.32 Å². The Balaban J connectivity index is 4.07. The first-order chi connectivity index (χ1) is 39.0. The maximum Gasteiger partial charge on any atom is 0.472 e. The summed E-state index contributed by atoms with van der Waals surface area (Å²) in [6.45, 7) is 4.74. The highest BCUT2D eigenvalue weighted by Crippen LogP contribution is 2.43. The zero-order valence-corrected chi connectivity index (χ0v) is 54.2. The van der Waals surface area contributed by atoms with Crippen molar-refractivity contribution in [2.24, 2.45) is 0 Å². The van der Waals surface area contributed by atoms with Crippen molar-refractivity contribution in [3.8, 4) is 0 Å². The first-order valence-corrected chi connectivity index (χ1v) is 35.5. The highest BCUT2D eigenvalue weighted by Gasteiger charge is 2.28. The van der Waals surface area contributed by atoms with Crippen LogP contribution >= 0.6 is 7.82 Å². The zero-order valence-electron chi connectivity index (χ0n) is 53.3. The third kappa shape index (κ3) is 63.3. The number of phosphoric acid groups is 1. The minimum Gasteiger partial charge on any atom is -0.387 e. The fraction of sp³-hybridized carbons (Fsp3) is 0.789. The number of hydrogen-bond donors (Lipinski definition) is 3. The van der Waals surface area contributed by atoms with Gasteiger partial charge in [0.05, 0.1) is 39.9 Å². The molecule has 0 aliphatic heterocycles. The highest BCUT2D eigenvalue weighted by atomic mass is 31.2.